The van der Waals surface area contributed by atoms with Crippen molar-refractivity contribution in [3.05, 3.63) is 59.5 Å². The lowest BCUT2D eigenvalue weighted by atomic mass is 10.1. The standard InChI is InChI=1S/C21H29N5O3.HI/c1-22-21(24-9-8-23-20(27)19-7-4-12-29-19)25-15-17-5-2-3-6-18(17)16-26-10-13-28-14-11-26;/h2-7,12H,8-11,13-16H2,1H3,(H,23,27)(H2,22,24,25);1H. The van der Waals surface area contributed by atoms with Crippen LogP contribution in [0.5, 0.6) is 0 Å². The van der Waals surface area contributed by atoms with Crippen molar-refractivity contribution < 1.29 is 13.9 Å². The van der Waals surface area contributed by atoms with Crippen molar-refractivity contribution in [2.75, 3.05) is 46.4 Å². The van der Waals surface area contributed by atoms with Gasteiger partial charge in [-0.15, -0.1) is 24.0 Å². The predicted molar refractivity (Wildman–Crippen MR) is 127 cm³/mol. The normalized spacial score (nSPS) is 14.6. The van der Waals surface area contributed by atoms with Gasteiger partial charge in [-0.05, 0) is 23.3 Å². The van der Waals surface area contributed by atoms with E-state index in [1.807, 2.05) is 0 Å². The van der Waals surface area contributed by atoms with E-state index >= 15 is 0 Å². The van der Waals surface area contributed by atoms with Crippen LogP contribution in [0.1, 0.15) is 21.7 Å². The Bertz CT molecular complexity index is 792. The number of guanidine groups is 1. The third-order valence-electron chi connectivity index (χ3n) is 4.73. The van der Waals surface area contributed by atoms with Crippen molar-refractivity contribution in [2.24, 2.45) is 4.99 Å². The molecule has 1 aliphatic heterocycles. The number of aliphatic imine (C=N–C) groups is 1. The lowest BCUT2D eigenvalue weighted by Gasteiger charge is -2.27. The molecule has 9 heteroatoms. The Morgan fingerprint density at radius 3 is 2.47 bits per heavy atom. The van der Waals surface area contributed by atoms with Crippen LogP contribution in [0.2, 0.25) is 0 Å². The predicted octanol–water partition coefficient (Wildman–Crippen LogP) is 1.82. The Morgan fingerprint density at radius 2 is 1.77 bits per heavy atom. The molecule has 30 heavy (non-hydrogen) atoms. The number of hydrogen-bond acceptors (Lipinski definition) is 5. The second-order valence-electron chi connectivity index (χ2n) is 6.74. The number of furan rings is 1. The lowest BCUT2D eigenvalue weighted by molar-refractivity contribution is 0.0341. The number of ether oxygens (including phenoxy) is 1. The first-order valence-corrected chi connectivity index (χ1v) is 9.89. The summed E-state index contributed by atoms with van der Waals surface area (Å²) in [7, 11) is 1.73. The Balaban J connectivity index is 0.00000320. The van der Waals surface area contributed by atoms with Crippen molar-refractivity contribution in [1.82, 2.24) is 20.9 Å². The smallest absolute Gasteiger partial charge is 0.287 e. The zero-order chi connectivity index (χ0) is 20.3. The zero-order valence-corrected chi connectivity index (χ0v) is 19.6. The fraction of sp³-hybridized carbons (Fsp3) is 0.429. The van der Waals surface area contributed by atoms with Gasteiger partial charge in [-0.3, -0.25) is 14.7 Å². The number of nitrogens with zero attached hydrogens (tertiary/aromatic N) is 2. The molecule has 1 saturated heterocycles. The number of amides is 1. The minimum absolute atomic E-state index is 0. The number of rotatable bonds is 8. The third kappa shape index (κ3) is 7.62. The SMILES string of the molecule is CN=C(NCCNC(=O)c1ccco1)NCc1ccccc1CN1CCOCC1.I. The highest BCUT2D eigenvalue weighted by atomic mass is 127. The van der Waals surface area contributed by atoms with Crippen LogP contribution in [0.3, 0.4) is 0 Å². The van der Waals surface area contributed by atoms with E-state index in [1.165, 1.54) is 17.4 Å². The molecule has 0 spiro atoms. The first-order chi connectivity index (χ1) is 14.3. The zero-order valence-electron chi connectivity index (χ0n) is 17.2. The molecule has 164 valence electrons. The van der Waals surface area contributed by atoms with Crippen LogP contribution in [-0.4, -0.2) is 63.2 Å². The van der Waals surface area contributed by atoms with Gasteiger partial charge >= 0.3 is 0 Å². The Hall–Kier alpha value is -2.11. The first kappa shape index (κ1) is 24.2. The van der Waals surface area contributed by atoms with E-state index in [1.54, 1.807) is 19.2 Å². The molecule has 0 unspecified atom stereocenters. The van der Waals surface area contributed by atoms with E-state index in [9.17, 15) is 4.79 Å². The maximum Gasteiger partial charge on any atom is 0.287 e. The highest BCUT2D eigenvalue weighted by Crippen LogP contribution is 2.13. The minimum Gasteiger partial charge on any atom is -0.459 e. The maximum atomic E-state index is 11.8. The van der Waals surface area contributed by atoms with Gasteiger partial charge < -0.3 is 25.1 Å². The van der Waals surface area contributed by atoms with Crippen LogP contribution in [0, 0.1) is 0 Å². The van der Waals surface area contributed by atoms with E-state index in [4.69, 9.17) is 9.15 Å². The van der Waals surface area contributed by atoms with Gasteiger partial charge in [-0.2, -0.15) is 0 Å². The van der Waals surface area contributed by atoms with Gasteiger partial charge in [0.25, 0.3) is 5.91 Å². The number of carbonyl (C=O) groups is 1. The van der Waals surface area contributed by atoms with E-state index in [-0.39, 0.29) is 29.9 Å². The molecule has 8 nitrogen and oxygen atoms in total. The topological polar surface area (TPSA) is 91.1 Å². The molecule has 1 aromatic heterocycles. The molecule has 3 rings (SSSR count). The highest BCUT2D eigenvalue weighted by molar-refractivity contribution is 14.0. The Kier molecular flexibility index (Phi) is 10.7. The summed E-state index contributed by atoms with van der Waals surface area (Å²) in [5.41, 5.74) is 2.55. The van der Waals surface area contributed by atoms with E-state index in [0.717, 1.165) is 32.8 Å². The molecule has 0 aliphatic carbocycles. The number of morpholine rings is 1. The molecule has 2 heterocycles. The molecular weight excluding hydrogens is 497 g/mol. The molecule has 0 atom stereocenters. The van der Waals surface area contributed by atoms with Gasteiger partial charge in [0.15, 0.2) is 11.7 Å². The van der Waals surface area contributed by atoms with Crippen molar-refractivity contribution in [3.63, 3.8) is 0 Å². The molecule has 2 aromatic rings. The van der Waals surface area contributed by atoms with Gasteiger partial charge in [-0.1, -0.05) is 24.3 Å². The average molecular weight is 527 g/mol. The largest absolute Gasteiger partial charge is 0.459 e. The van der Waals surface area contributed by atoms with Crippen LogP contribution in [0.4, 0.5) is 0 Å². The summed E-state index contributed by atoms with van der Waals surface area (Å²) in [6.07, 6.45) is 1.48. The average Bonchev–Trinajstić information content (AvgIpc) is 3.30. The highest BCUT2D eigenvalue weighted by Gasteiger charge is 2.13. The second-order valence-corrected chi connectivity index (χ2v) is 6.74. The molecule has 1 amide bonds. The molecule has 3 N–H and O–H groups in total. The summed E-state index contributed by atoms with van der Waals surface area (Å²) in [6, 6.07) is 11.8. The Morgan fingerprint density at radius 1 is 1.03 bits per heavy atom. The number of halogens is 1. The van der Waals surface area contributed by atoms with Crippen molar-refractivity contribution in [2.45, 2.75) is 13.1 Å². The summed E-state index contributed by atoms with van der Waals surface area (Å²) >= 11 is 0. The lowest BCUT2D eigenvalue weighted by Crippen LogP contribution is -2.41. The van der Waals surface area contributed by atoms with Gasteiger partial charge in [0.1, 0.15) is 0 Å². The van der Waals surface area contributed by atoms with E-state index in [0.29, 0.717) is 31.4 Å². The fourth-order valence-corrected chi connectivity index (χ4v) is 3.14. The van der Waals surface area contributed by atoms with Crippen LogP contribution >= 0.6 is 24.0 Å². The first-order valence-electron chi connectivity index (χ1n) is 9.89. The van der Waals surface area contributed by atoms with Crippen LogP contribution < -0.4 is 16.0 Å². The number of hydrogen-bond donors (Lipinski definition) is 3. The quantitative estimate of drug-likeness (QED) is 0.210. The maximum absolute atomic E-state index is 11.8. The van der Waals surface area contributed by atoms with Crippen LogP contribution in [0.15, 0.2) is 52.1 Å². The monoisotopic (exact) mass is 527 g/mol. The molecule has 1 aromatic carbocycles. The van der Waals surface area contributed by atoms with Gasteiger partial charge in [0, 0.05) is 46.3 Å². The van der Waals surface area contributed by atoms with Gasteiger partial charge in [0.05, 0.1) is 19.5 Å². The van der Waals surface area contributed by atoms with Crippen molar-refractivity contribution in [1.29, 1.82) is 0 Å². The molecule has 0 saturated carbocycles. The fourth-order valence-electron chi connectivity index (χ4n) is 3.14. The second kappa shape index (κ2) is 13.2. The van der Waals surface area contributed by atoms with E-state index in [2.05, 4.69) is 50.1 Å². The van der Waals surface area contributed by atoms with Crippen LogP contribution in [-0.2, 0) is 17.8 Å². The van der Waals surface area contributed by atoms with Gasteiger partial charge in [0.2, 0.25) is 0 Å². The van der Waals surface area contributed by atoms with Crippen molar-refractivity contribution in [3.8, 4) is 0 Å². The number of benzene rings is 1. The summed E-state index contributed by atoms with van der Waals surface area (Å²) in [5.74, 6) is 0.777. The van der Waals surface area contributed by atoms with Crippen molar-refractivity contribution >= 4 is 35.8 Å². The molecule has 0 bridgehead atoms. The summed E-state index contributed by atoms with van der Waals surface area (Å²) < 4.78 is 10.5. The third-order valence-corrected chi connectivity index (χ3v) is 4.73. The van der Waals surface area contributed by atoms with E-state index < -0.39 is 0 Å². The molecule has 1 fully saturated rings. The number of nitrogens with one attached hydrogen (secondary N) is 3. The summed E-state index contributed by atoms with van der Waals surface area (Å²) in [6.45, 7) is 6.16. The molecule has 0 radical (unpaired) electrons. The van der Waals surface area contributed by atoms with Gasteiger partial charge in [-0.25, -0.2) is 0 Å². The Labute approximate surface area is 194 Å². The number of carbonyl (C=O) groups excluding carboxylic acids is 1. The molecule has 1 aliphatic rings. The molecular formula is C21H30IN5O3. The summed E-state index contributed by atoms with van der Waals surface area (Å²) in [4.78, 5) is 18.5. The minimum atomic E-state index is -0.225. The van der Waals surface area contributed by atoms with Crippen LogP contribution in [0.25, 0.3) is 0 Å². The summed E-state index contributed by atoms with van der Waals surface area (Å²) in [5, 5.41) is 9.35.